The summed E-state index contributed by atoms with van der Waals surface area (Å²) < 4.78 is 1.96. The van der Waals surface area contributed by atoms with Crippen molar-refractivity contribution < 1.29 is 4.79 Å². The van der Waals surface area contributed by atoms with Gasteiger partial charge in [-0.3, -0.25) is 14.3 Å². The summed E-state index contributed by atoms with van der Waals surface area (Å²) in [7, 11) is 0. The molecule has 1 aromatic carbocycles. The van der Waals surface area contributed by atoms with E-state index in [1.807, 2.05) is 42.7 Å². The number of rotatable bonds is 8. The molecule has 1 N–H and O–H groups in total. The van der Waals surface area contributed by atoms with Crippen molar-refractivity contribution in [3.8, 4) is 11.4 Å². The molecule has 0 unspecified atom stereocenters. The van der Waals surface area contributed by atoms with Gasteiger partial charge in [-0.1, -0.05) is 49.9 Å². The Morgan fingerprint density at radius 1 is 1.20 bits per heavy atom. The van der Waals surface area contributed by atoms with Crippen LogP contribution in [0.1, 0.15) is 37.8 Å². The number of aryl methyl sites for hydroxylation is 1. The molecule has 7 heteroatoms. The minimum Gasteiger partial charge on any atom is -0.325 e. The third-order valence-corrected chi connectivity index (χ3v) is 5.87. The van der Waals surface area contributed by atoms with Gasteiger partial charge < -0.3 is 5.32 Å². The molecule has 1 atom stereocenters. The number of hydrogen-bond acceptors (Lipinski definition) is 5. The van der Waals surface area contributed by atoms with Gasteiger partial charge in [-0.25, -0.2) is 0 Å². The van der Waals surface area contributed by atoms with E-state index >= 15 is 0 Å². The van der Waals surface area contributed by atoms with E-state index in [2.05, 4.69) is 47.0 Å². The van der Waals surface area contributed by atoms with Gasteiger partial charge in [0.2, 0.25) is 5.91 Å². The fraction of sp³-hybridized carbons (Fsp3) is 0.304. The van der Waals surface area contributed by atoms with Gasteiger partial charge in [0.15, 0.2) is 11.0 Å². The average molecular weight is 422 g/mol. The van der Waals surface area contributed by atoms with Gasteiger partial charge in [-0.15, -0.1) is 16.8 Å². The molecule has 2 aromatic heterocycles. The quantitative estimate of drug-likeness (QED) is 0.406. The number of carbonyl (C=O) groups excluding carboxylic acids is 1. The Morgan fingerprint density at radius 3 is 2.60 bits per heavy atom. The number of benzene rings is 1. The molecule has 0 bridgehead atoms. The maximum Gasteiger partial charge on any atom is 0.237 e. The molecule has 0 saturated heterocycles. The summed E-state index contributed by atoms with van der Waals surface area (Å²) in [6.45, 7) is 12.5. The molecule has 0 radical (unpaired) electrons. The molecule has 1 amide bonds. The van der Waals surface area contributed by atoms with Crippen LogP contribution in [0.15, 0.2) is 60.5 Å². The number of thioether (sulfide) groups is 1. The van der Waals surface area contributed by atoms with E-state index in [0.717, 1.165) is 28.2 Å². The summed E-state index contributed by atoms with van der Waals surface area (Å²) in [6, 6.07) is 9.88. The number of hydrogen-bond donors (Lipinski definition) is 1. The van der Waals surface area contributed by atoms with Gasteiger partial charge in [0.1, 0.15) is 0 Å². The Labute approximate surface area is 181 Å². The second kappa shape index (κ2) is 9.71. The summed E-state index contributed by atoms with van der Waals surface area (Å²) in [6.07, 6.45) is 5.24. The molecule has 0 aliphatic heterocycles. The second-order valence-electron chi connectivity index (χ2n) is 7.38. The molecule has 3 aromatic rings. The van der Waals surface area contributed by atoms with Gasteiger partial charge in [-0.05, 0) is 43.0 Å². The molecule has 30 heavy (non-hydrogen) atoms. The number of carbonyl (C=O) groups is 1. The van der Waals surface area contributed by atoms with E-state index in [-0.39, 0.29) is 11.2 Å². The Morgan fingerprint density at radius 2 is 1.93 bits per heavy atom. The van der Waals surface area contributed by atoms with Crippen LogP contribution >= 0.6 is 11.8 Å². The summed E-state index contributed by atoms with van der Waals surface area (Å²) >= 11 is 1.39. The average Bonchev–Trinajstić information content (AvgIpc) is 3.12. The van der Waals surface area contributed by atoms with Crippen molar-refractivity contribution in [2.45, 2.75) is 50.6 Å². The first-order valence-electron chi connectivity index (χ1n) is 9.93. The molecule has 0 aliphatic carbocycles. The fourth-order valence-electron chi connectivity index (χ4n) is 3.16. The van der Waals surface area contributed by atoms with Gasteiger partial charge in [-0.2, -0.15) is 0 Å². The molecule has 0 aliphatic rings. The number of aromatic nitrogens is 4. The van der Waals surface area contributed by atoms with Crippen molar-refractivity contribution >= 4 is 23.4 Å². The highest BCUT2D eigenvalue weighted by atomic mass is 32.2. The van der Waals surface area contributed by atoms with Crippen LogP contribution in [0.5, 0.6) is 0 Å². The molecule has 0 spiro atoms. The molecule has 6 nitrogen and oxygen atoms in total. The number of anilines is 1. The van der Waals surface area contributed by atoms with Crippen molar-refractivity contribution in [1.29, 1.82) is 0 Å². The van der Waals surface area contributed by atoms with Gasteiger partial charge in [0.25, 0.3) is 0 Å². The summed E-state index contributed by atoms with van der Waals surface area (Å²) in [5.41, 5.74) is 4.01. The Balaban J connectivity index is 1.81. The minimum absolute atomic E-state index is 0.0604. The van der Waals surface area contributed by atoms with Crippen LogP contribution in [0.25, 0.3) is 11.4 Å². The zero-order chi connectivity index (χ0) is 21.7. The van der Waals surface area contributed by atoms with Gasteiger partial charge in [0, 0.05) is 30.2 Å². The first-order valence-corrected chi connectivity index (χ1v) is 10.8. The molecular weight excluding hydrogens is 394 g/mol. The van der Waals surface area contributed by atoms with Crippen LogP contribution in [-0.2, 0) is 11.3 Å². The zero-order valence-electron chi connectivity index (χ0n) is 17.8. The van der Waals surface area contributed by atoms with Gasteiger partial charge >= 0.3 is 0 Å². The lowest BCUT2D eigenvalue weighted by Gasteiger charge is -2.18. The molecule has 2 heterocycles. The SMILES string of the molecule is C=CCn1c(S[C@@H](C)C(=O)Nc2c(C)cccc2C(C)C)nnc1-c1ccncc1. The Hall–Kier alpha value is -2.93. The number of allylic oxidation sites excluding steroid dienone is 1. The number of nitrogens with zero attached hydrogens (tertiary/aromatic N) is 4. The van der Waals surface area contributed by atoms with Gasteiger partial charge in [0.05, 0.1) is 5.25 Å². The largest absolute Gasteiger partial charge is 0.325 e. The zero-order valence-corrected chi connectivity index (χ0v) is 18.6. The number of pyridine rings is 1. The number of nitrogens with one attached hydrogen (secondary N) is 1. The highest BCUT2D eigenvalue weighted by molar-refractivity contribution is 8.00. The summed E-state index contributed by atoms with van der Waals surface area (Å²) in [5.74, 6) is 0.991. The van der Waals surface area contributed by atoms with Crippen LogP contribution in [0.2, 0.25) is 0 Å². The predicted molar refractivity (Wildman–Crippen MR) is 123 cm³/mol. The molecule has 156 valence electrons. The molecule has 0 fully saturated rings. The summed E-state index contributed by atoms with van der Waals surface area (Å²) in [4.78, 5) is 17.0. The van der Waals surface area contributed by atoms with Crippen LogP contribution in [0.3, 0.4) is 0 Å². The van der Waals surface area contributed by atoms with E-state index < -0.39 is 0 Å². The lowest BCUT2D eigenvalue weighted by atomic mass is 9.98. The number of para-hydroxylation sites is 1. The van der Waals surface area contributed by atoms with Crippen molar-refractivity contribution in [2.75, 3.05) is 5.32 Å². The van der Waals surface area contributed by atoms with E-state index in [1.54, 1.807) is 18.5 Å². The minimum atomic E-state index is -0.345. The summed E-state index contributed by atoms with van der Waals surface area (Å²) in [5, 5.41) is 12.1. The third kappa shape index (κ3) is 4.79. The van der Waals surface area contributed by atoms with E-state index in [1.165, 1.54) is 11.8 Å². The Kier molecular flexibility index (Phi) is 7.05. The van der Waals surface area contributed by atoms with E-state index in [0.29, 0.717) is 17.6 Å². The Bertz CT molecular complexity index is 1030. The first kappa shape index (κ1) is 21.8. The van der Waals surface area contributed by atoms with Crippen LogP contribution < -0.4 is 5.32 Å². The van der Waals surface area contributed by atoms with E-state index in [9.17, 15) is 4.79 Å². The maximum atomic E-state index is 13.0. The third-order valence-electron chi connectivity index (χ3n) is 4.79. The maximum absolute atomic E-state index is 13.0. The monoisotopic (exact) mass is 421 g/mol. The van der Waals surface area contributed by atoms with Crippen molar-refractivity contribution in [1.82, 2.24) is 19.7 Å². The van der Waals surface area contributed by atoms with Crippen molar-refractivity contribution in [3.05, 3.63) is 66.5 Å². The van der Waals surface area contributed by atoms with Crippen LogP contribution in [-0.4, -0.2) is 30.9 Å². The highest BCUT2D eigenvalue weighted by Crippen LogP contribution is 2.30. The van der Waals surface area contributed by atoms with Crippen molar-refractivity contribution in [3.63, 3.8) is 0 Å². The lowest BCUT2D eigenvalue weighted by molar-refractivity contribution is -0.115. The van der Waals surface area contributed by atoms with Crippen LogP contribution in [0.4, 0.5) is 5.69 Å². The second-order valence-corrected chi connectivity index (χ2v) is 8.69. The van der Waals surface area contributed by atoms with Crippen molar-refractivity contribution in [2.24, 2.45) is 0 Å². The van der Waals surface area contributed by atoms with E-state index in [4.69, 9.17) is 0 Å². The highest BCUT2D eigenvalue weighted by Gasteiger charge is 2.22. The smallest absolute Gasteiger partial charge is 0.237 e. The van der Waals surface area contributed by atoms with Crippen LogP contribution in [0, 0.1) is 6.92 Å². The number of amides is 1. The molecular formula is C23H27N5OS. The normalized spacial score (nSPS) is 12.0. The topological polar surface area (TPSA) is 72.7 Å². The first-order chi connectivity index (χ1) is 14.4. The molecule has 3 rings (SSSR count). The lowest BCUT2D eigenvalue weighted by Crippen LogP contribution is -2.24. The standard InChI is InChI=1S/C23H27N5OS/c1-6-14-28-21(18-10-12-24-13-11-18)26-27-23(28)30-17(5)22(29)25-20-16(4)8-7-9-19(20)15(2)3/h6-13,15,17H,1,14H2,2-5H3,(H,25,29)/t17-/m0/s1. The molecule has 0 saturated carbocycles. The fourth-order valence-corrected chi connectivity index (χ4v) is 4.02. The predicted octanol–water partition coefficient (Wildman–Crippen LogP) is 5.08.